The van der Waals surface area contributed by atoms with Crippen LogP contribution >= 0.6 is 0 Å². The molecule has 1 aromatic rings. The van der Waals surface area contributed by atoms with E-state index in [0.717, 1.165) is 57.6 Å². The molecule has 3 heterocycles. The molecule has 3 rings (SSSR count). The summed E-state index contributed by atoms with van der Waals surface area (Å²) in [6.45, 7) is 5.18. The molecule has 0 radical (unpaired) electrons. The van der Waals surface area contributed by atoms with Gasteiger partial charge in [-0.2, -0.15) is 9.97 Å². The van der Waals surface area contributed by atoms with E-state index in [9.17, 15) is 0 Å². The first-order valence-electron chi connectivity index (χ1n) is 9.44. The second-order valence-electron chi connectivity index (χ2n) is 6.53. The monoisotopic (exact) mass is 366 g/mol. The van der Waals surface area contributed by atoms with Crippen LogP contribution < -0.4 is 26.0 Å². The molecular formula is C17H30N6O3. The molecule has 2 aliphatic rings. The third-order valence-corrected chi connectivity index (χ3v) is 4.55. The number of methoxy groups -OCH3 is 1. The van der Waals surface area contributed by atoms with Crippen molar-refractivity contribution in [1.29, 1.82) is 0 Å². The molecule has 9 heteroatoms. The summed E-state index contributed by atoms with van der Waals surface area (Å²) < 4.78 is 16.8. The Hall–Kier alpha value is -1.84. The van der Waals surface area contributed by atoms with Crippen LogP contribution in [0.5, 0.6) is 6.01 Å². The Balaban J connectivity index is 1.61. The second kappa shape index (κ2) is 9.20. The highest BCUT2D eigenvalue weighted by molar-refractivity contribution is 5.81. The lowest BCUT2D eigenvalue weighted by molar-refractivity contribution is 0.0838. The fourth-order valence-corrected chi connectivity index (χ4v) is 3.14. The molecule has 0 spiro atoms. The first kappa shape index (κ1) is 18.9. The van der Waals surface area contributed by atoms with Crippen molar-refractivity contribution in [3.8, 4) is 6.01 Å². The van der Waals surface area contributed by atoms with Crippen molar-refractivity contribution in [3.05, 3.63) is 0 Å². The summed E-state index contributed by atoms with van der Waals surface area (Å²) in [5.41, 5.74) is 6.79. The van der Waals surface area contributed by atoms with Gasteiger partial charge in [0.1, 0.15) is 11.9 Å². The van der Waals surface area contributed by atoms with Gasteiger partial charge in [0.25, 0.3) is 0 Å². The molecule has 26 heavy (non-hydrogen) atoms. The van der Waals surface area contributed by atoms with E-state index in [-0.39, 0.29) is 12.6 Å². The van der Waals surface area contributed by atoms with E-state index in [2.05, 4.69) is 32.4 Å². The first-order valence-corrected chi connectivity index (χ1v) is 9.44. The molecule has 1 aromatic heterocycles. The number of fused-ring (bicyclic) bond motifs is 1. The van der Waals surface area contributed by atoms with Gasteiger partial charge in [-0.1, -0.05) is 13.3 Å². The normalized spacial score (nSPS) is 21.7. The van der Waals surface area contributed by atoms with E-state index in [1.165, 1.54) is 0 Å². The van der Waals surface area contributed by atoms with Gasteiger partial charge in [0.2, 0.25) is 6.35 Å². The Morgan fingerprint density at radius 3 is 3.00 bits per heavy atom. The van der Waals surface area contributed by atoms with Crippen LogP contribution in [-0.4, -0.2) is 56.0 Å². The Morgan fingerprint density at radius 2 is 2.27 bits per heavy atom. The minimum absolute atomic E-state index is 0.189. The second-order valence-corrected chi connectivity index (χ2v) is 6.53. The van der Waals surface area contributed by atoms with E-state index < -0.39 is 0 Å². The fourth-order valence-electron chi connectivity index (χ4n) is 3.14. The van der Waals surface area contributed by atoms with Crippen LogP contribution in [-0.2, 0) is 9.47 Å². The number of nitrogens with two attached hydrogens (primary N) is 1. The van der Waals surface area contributed by atoms with Crippen molar-refractivity contribution in [3.63, 3.8) is 0 Å². The van der Waals surface area contributed by atoms with Crippen LogP contribution in [0.3, 0.4) is 0 Å². The quantitative estimate of drug-likeness (QED) is 0.531. The van der Waals surface area contributed by atoms with Gasteiger partial charge in [0.05, 0.1) is 6.61 Å². The van der Waals surface area contributed by atoms with Gasteiger partial charge >= 0.3 is 6.01 Å². The average Bonchev–Trinajstić information content (AvgIpc) is 3.27. The minimum Gasteiger partial charge on any atom is -0.463 e. The van der Waals surface area contributed by atoms with E-state index in [0.29, 0.717) is 24.1 Å². The number of aromatic nitrogens is 2. The third-order valence-electron chi connectivity index (χ3n) is 4.55. The van der Waals surface area contributed by atoms with Crippen LogP contribution in [0.1, 0.15) is 39.0 Å². The lowest BCUT2D eigenvalue weighted by Gasteiger charge is -2.24. The van der Waals surface area contributed by atoms with Crippen LogP contribution in [0.25, 0.3) is 0 Å². The topological polar surface area (TPSA) is 107 Å². The highest BCUT2D eigenvalue weighted by Crippen LogP contribution is 2.37. The molecule has 0 saturated carbocycles. The molecule has 4 N–H and O–H groups in total. The maximum atomic E-state index is 6.09. The van der Waals surface area contributed by atoms with E-state index in [4.69, 9.17) is 19.9 Å². The average molecular weight is 366 g/mol. The Morgan fingerprint density at radius 1 is 1.38 bits per heavy atom. The van der Waals surface area contributed by atoms with Crippen LogP contribution in [0, 0.1) is 0 Å². The summed E-state index contributed by atoms with van der Waals surface area (Å²) in [5.74, 6) is 1.11. The van der Waals surface area contributed by atoms with Gasteiger partial charge in [-0.15, -0.1) is 0 Å². The van der Waals surface area contributed by atoms with Crippen molar-refractivity contribution < 1.29 is 14.2 Å². The predicted molar refractivity (Wildman–Crippen MR) is 100 cm³/mol. The zero-order valence-corrected chi connectivity index (χ0v) is 15.7. The van der Waals surface area contributed by atoms with Crippen LogP contribution in [0.15, 0.2) is 0 Å². The van der Waals surface area contributed by atoms with E-state index in [1.54, 1.807) is 7.11 Å². The van der Waals surface area contributed by atoms with Crippen molar-refractivity contribution in [1.82, 2.24) is 15.3 Å². The SMILES string of the molecule is CCCCOc1nc(N)c2c(n1)N(CCCN[C@@H]1CCCO1)C(OC)N2. The zero-order chi connectivity index (χ0) is 18.4. The van der Waals surface area contributed by atoms with Crippen molar-refractivity contribution in [2.45, 2.75) is 51.6 Å². The number of nitrogens with zero attached hydrogens (tertiary/aromatic N) is 3. The molecule has 0 bridgehead atoms. The summed E-state index contributed by atoms with van der Waals surface area (Å²) in [6, 6.07) is 0.315. The molecule has 1 fully saturated rings. The molecule has 1 saturated heterocycles. The molecular weight excluding hydrogens is 336 g/mol. The van der Waals surface area contributed by atoms with Gasteiger partial charge in [0.15, 0.2) is 11.6 Å². The Labute approximate surface area is 154 Å². The van der Waals surface area contributed by atoms with Gasteiger partial charge in [-0.05, 0) is 32.2 Å². The molecule has 146 valence electrons. The zero-order valence-electron chi connectivity index (χ0n) is 15.7. The summed E-state index contributed by atoms with van der Waals surface area (Å²) >= 11 is 0. The standard InChI is InChI=1S/C17H30N6O3/c1-3-4-10-26-16-21-14(18)13-15(22-16)23(17(20-13)24-2)9-6-8-19-12-7-5-11-25-12/h12,17,19-20H,3-11H2,1-2H3,(H2,18,21,22)/t12-,17?/m0/s1. The van der Waals surface area contributed by atoms with Gasteiger partial charge in [0, 0.05) is 20.3 Å². The third kappa shape index (κ3) is 4.46. The number of hydrogen-bond acceptors (Lipinski definition) is 9. The number of ether oxygens (including phenoxy) is 3. The number of hydrogen-bond donors (Lipinski definition) is 3. The molecule has 0 aromatic carbocycles. The molecule has 1 unspecified atom stereocenters. The summed E-state index contributed by atoms with van der Waals surface area (Å²) in [6.07, 6.45) is 5.02. The summed E-state index contributed by atoms with van der Waals surface area (Å²) in [4.78, 5) is 10.8. The maximum absolute atomic E-state index is 6.09. The lowest BCUT2D eigenvalue weighted by atomic mass is 10.3. The van der Waals surface area contributed by atoms with E-state index in [1.807, 2.05) is 0 Å². The number of nitrogens with one attached hydrogen (secondary N) is 2. The number of anilines is 3. The number of rotatable bonds is 10. The van der Waals surface area contributed by atoms with Crippen molar-refractivity contribution in [2.24, 2.45) is 0 Å². The maximum Gasteiger partial charge on any atom is 0.320 e. The van der Waals surface area contributed by atoms with Crippen molar-refractivity contribution in [2.75, 3.05) is 49.4 Å². The minimum atomic E-state index is -0.310. The molecule has 0 aliphatic carbocycles. The van der Waals surface area contributed by atoms with Crippen LogP contribution in [0.2, 0.25) is 0 Å². The molecule has 2 atom stereocenters. The molecule has 2 aliphatic heterocycles. The van der Waals surface area contributed by atoms with E-state index >= 15 is 0 Å². The number of unbranched alkanes of at least 4 members (excludes halogenated alkanes) is 1. The largest absolute Gasteiger partial charge is 0.463 e. The first-order chi connectivity index (χ1) is 12.7. The fraction of sp³-hybridized carbons (Fsp3) is 0.765. The highest BCUT2D eigenvalue weighted by Gasteiger charge is 2.33. The Bertz CT molecular complexity index is 582. The summed E-state index contributed by atoms with van der Waals surface area (Å²) in [5, 5.41) is 6.66. The van der Waals surface area contributed by atoms with Gasteiger partial charge < -0.3 is 30.2 Å². The molecule has 0 amide bonds. The highest BCUT2D eigenvalue weighted by atomic mass is 16.5. The molecule has 9 nitrogen and oxygen atoms in total. The van der Waals surface area contributed by atoms with Crippen LogP contribution in [0.4, 0.5) is 17.3 Å². The van der Waals surface area contributed by atoms with Gasteiger partial charge in [-0.25, -0.2) is 0 Å². The smallest absolute Gasteiger partial charge is 0.320 e. The lowest BCUT2D eigenvalue weighted by Crippen LogP contribution is -2.39. The number of nitrogen functional groups attached to an aromatic ring is 1. The Kier molecular flexibility index (Phi) is 6.70. The van der Waals surface area contributed by atoms with Crippen molar-refractivity contribution >= 4 is 17.3 Å². The predicted octanol–water partition coefficient (Wildman–Crippen LogP) is 1.52. The summed E-state index contributed by atoms with van der Waals surface area (Å²) in [7, 11) is 1.66. The van der Waals surface area contributed by atoms with Gasteiger partial charge in [-0.3, -0.25) is 5.32 Å².